The van der Waals surface area contributed by atoms with Gasteiger partial charge in [-0.2, -0.15) is 0 Å². The first-order chi connectivity index (χ1) is 11.0. The minimum atomic E-state index is -0.450. The summed E-state index contributed by atoms with van der Waals surface area (Å²) in [5.74, 6) is 0.291. The Bertz CT molecular complexity index is 617. The van der Waals surface area contributed by atoms with Crippen LogP contribution in [0.4, 0.5) is 4.39 Å². The van der Waals surface area contributed by atoms with Crippen molar-refractivity contribution in [1.29, 1.82) is 0 Å². The number of halogens is 2. The van der Waals surface area contributed by atoms with E-state index in [-0.39, 0.29) is 34.9 Å². The number of likely N-dealkylation sites (N-methyl/N-ethyl adjacent to an activating group) is 1. The number of hydrogen-bond acceptors (Lipinski definition) is 2. The second-order valence-corrected chi connectivity index (χ2v) is 6.94. The molecule has 6 heteroatoms. The van der Waals surface area contributed by atoms with E-state index < -0.39 is 5.82 Å². The van der Waals surface area contributed by atoms with Crippen LogP contribution in [0.15, 0.2) is 18.2 Å². The van der Waals surface area contributed by atoms with Gasteiger partial charge < -0.3 is 10.2 Å². The number of rotatable bonds is 3. The van der Waals surface area contributed by atoms with Crippen molar-refractivity contribution < 1.29 is 14.0 Å². The van der Waals surface area contributed by atoms with E-state index in [1.807, 2.05) is 0 Å². The van der Waals surface area contributed by atoms with Crippen molar-refractivity contribution in [3.63, 3.8) is 0 Å². The van der Waals surface area contributed by atoms with E-state index in [0.717, 1.165) is 12.8 Å². The molecule has 1 saturated carbocycles. The Balaban J connectivity index is 1.65. The molecule has 1 saturated heterocycles. The van der Waals surface area contributed by atoms with E-state index in [0.29, 0.717) is 24.8 Å². The first-order valence-electron chi connectivity index (χ1n) is 7.91. The summed E-state index contributed by atoms with van der Waals surface area (Å²) >= 11 is 6.00. The summed E-state index contributed by atoms with van der Waals surface area (Å²) in [6, 6.07) is 4.54. The van der Waals surface area contributed by atoms with Crippen LogP contribution < -0.4 is 5.32 Å². The van der Waals surface area contributed by atoms with Gasteiger partial charge in [-0.25, -0.2) is 4.39 Å². The number of nitrogens with one attached hydrogen (secondary N) is 1. The maximum atomic E-state index is 13.8. The predicted molar refractivity (Wildman–Crippen MR) is 85.5 cm³/mol. The summed E-state index contributed by atoms with van der Waals surface area (Å²) in [7, 11) is 1.76. The second-order valence-electron chi connectivity index (χ2n) is 6.54. The Hall–Kier alpha value is -1.62. The van der Waals surface area contributed by atoms with Crippen molar-refractivity contribution in [3.05, 3.63) is 34.6 Å². The lowest BCUT2D eigenvalue weighted by Gasteiger charge is -2.25. The van der Waals surface area contributed by atoms with Crippen molar-refractivity contribution in [2.45, 2.75) is 31.7 Å². The molecule has 4 nitrogen and oxygen atoms in total. The lowest BCUT2D eigenvalue weighted by Crippen LogP contribution is -2.38. The van der Waals surface area contributed by atoms with E-state index >= 15 is 0 Å². The highest BCUT2D eigenvalue weighted by atomic mass is 35.5. The van der Waals surface area contributed by atoms with Gasteiger partial charge in [-0.05, 0) is 36.8 Å². The fourth-order valence-corrected chi connectivity index (χ4v) is 3.96. The molecule has 3 atom stereocenters. The van der Waals surface area contributed by atoms with Crippen molar-refractivity contribution in [1.82, 2.24) is 10.2 Å². The van der Waals surface area contributed by atoms with E-state index in [1.54, 1.807) is 18.0 Å². The molecular weight excluding hydrogens is 319 g/mol. The molecule has 1 aliphatic carbocycles. The summed E-state index contributed by atoms with van der Waals surface area (Å²) in [5.41, 5.74) is 0.248. The van der Waals surface area contributed by atoms with Gasteiger partial charge in [0.2, 0.25) is 11.8 Å². The molecule has 124 valence electrons. The van der Waals surface area contributed by atoms with E-state index in [4.69, 9.17) is 11.6 Å². The lowest BCUT2D eigenvalue weighted by atomic mass is 9.89. The Morgan fingerprint density at radius 2 is 2.13 bits per heavy atom. The molecule has 0 aromatic heterocycles. The SMILES string of the molecule is CN(C(=O)Cc1c(F)cccc1Cl)[C@H]1C[C@H]2CNC(=O)C[C@H]2C1. The van der Waals surface area contributed by atoms with Crippen LogP contribution in [0.2, 0.25) is 5.02 Å². The standard InChI is InChI=1S/C17H20ClFN2O2/c1-21(12-5-10-7-16(22)20-9-11(10)6-12)17(23)8-13-14(18)3-2-4-15(13)19/h2-4,10-12H,5-9H2,1H3,(H,20,22)/t10-,11+,12-/m1/s1. The Kier molecular flexibility index (Phi) is 4.57. The van der Waals surface area contributed by atoms with E-state index in [2.05, 4.69) is 5.32 Å². The Labute approximate surface area is 140 Å². The summed E-state index contributed by atoms with van der Waals surface area (Å²) in [6.07, 6.45) is 2.23. The van der Waals surface area contributed by atoms with Gasteiger partial charge in [-0.3, -0.25) is 9.59 Å². The molecule has 1 aromatic carbocycles. The minimum Gasteiger partial charge on any atom is -0.356 e. The first-order valence-corrected chi connectivity index (χ1v) is 8.28. The molecular formula is C17H20ClFN2O2. The van der Waals surface area contributed by atoms with Crippen LogP contribution in [0.3, 0.4) is 0 Å². The van der Waals surface area contributed by atoms with Gasteiger partial charge in [0.05, 0.1) is 6.42 Å². The molecule has 2 amide bonds. The highest BCUT2D eigenvalue weighted by Crippen LogP contribution is 2.38. The number of fused-ring (bicyclic) bond motifs is 1. The van der Waals surface area contributed by atoms with Gasteiger partial charge in [-0.15, -0.1) is 0 Å². The normalized spacial score (nSPS) is 26.6. The molecule has 1 heterocycles. The summed E-state index contributed by atoms with van der Waals surface area (Å²) in [4.78, 5) is 25.7. The van der Waals surface area contributed by atoms with Crippen LogP contribution in [0.1, 0.15) is 24.8 Å². The smallest absolute Gasteiger partial charge is 0.227 e. The molecule has 2 fully saturated rings. The molecule has 2 aliphatic rings. The zero-order valence-corrected chi connectivity index (χ0v) is 13.8. The molecule has 0 radical (unpaired) electrons. The zero-order valence-electron chi connectivity index (χ0n) is 13.0. The second kappa shape index (κ2) is 6.48. The third-order valence-electron chi connectivity index (χ3n) is 5.16. The highest BCUT2D eigenvalue weighted by molar-refractivity contribution is 6.31. The van der Waals surface area contributed by atoms with Gasteiger partial charge >= 0.3 is 0 Å². The third kappa shape index (κ3) is 3.34. The van der Waals surface area contributed by atoms with Gasteiger partial charge in [0, 0.05) is 36.6 Å². The molecule has 0 bridgehead atoms. The topological polar surface area (TPSA) is 49.4 Å². The number of piperidine rings is 1. The number of benzene rings is 1. The summed E-state index contributed by atoms with van der Waals surface area (Å²) < 4.78 is 13.8. The largest absolute Gasteiger partial charge is 0.356 e. The lowest BCUT2D eigenvalue weighted by molar-refractivity contribution is -0.131. The van der Waals surface area contributed by atoms with Crippen LogP contribution in [0.25, 0.3) is 0 Å². The zero-order chi connectivity index (χ0) is 16.6. The molecule has 1 N–H and O–H groups in total. The molecule has 1 aromatic rings. The van der Waals surface area contributed by atoms with Crippen LogP contribution in [0.5, 0.6) is 0 Å². The van der Waals surface area contributed by atoms with Gasteiger partial charge in [0.1, 0.15) is 5.82 Å². The van der Waals surface area contributed by atoms with Crippen LogP contribution >= 0.6 is 11.6 Å². The van der Waals surface area contributed by atoms with Crippen molar-refractivity contribution in [2.75, 3.05) is 13.6 Å². The molecule has 3 rings (SSSR count). The number of carbonyl (C=O) groups excluding carboxylic acids is 2. The van der Waals surface area contributed by atoms with Crippen LogP contribution in [0, 0.1) is 17.7 Å². The number of carbonyl (C=O) groups is 2. The maximum Gasteiger partial charge on any atom is 0.227 e. The maximum absolute atomic E-state index is 13.8. The van der Waals surface area contributed by atoms with Gasteiger partial charge in [0.25, 0.3) is 0 Å². The fraction of sp³-hybridized carbons (Fsp3) is 0.529. The van der Waals surface area contributed by atoms with Crippen molar-refractivity contribution in [2.24, 2.45) is 11.8 Å². The average Bonchev–Trinajstić information content (AvgIpc) is 2.93. The number of hydrogen-bond donors (Lipinski definition) is 1. The Morgan fingerprint density at radius 1 is 1.39 bits per heavy atom. The quantitative estimate of drug-likeness (QED) is 0.920. The van der Waals surface area contributed by atoms with E-state index in [9.17, 15) is 14.0 Å². The predicted octanol–water partition coefficient (Wildman–Crippen LogP) is 2.39. The molecule has 1 aliphatic heterocycles. The first kappa shape index (κ1) is 16.2. The van der Waals surface area contributed by atoms with Crippen molar-refractivity contribution >= 4 is 23.4 Å². The summed E-state index contributed by atoms with van der Waals surface area (Å²) in [5, 5.41) is 3.17. The average molecular weight is 339 g/mol. The van der Waals surface area contributed by atoms with Crippen molar-refractivity contribution in [3.8, 4) is 0 Å². The fourth-order valence-electron chi connectivity index (χ4n) is 3.73. The summed E-state index contributed by atoms with van der Waals surface area (Å²) in [6.45, 7) is 0.696. The molecule has 23 heavy (non-hydrogen) atoms. The highest BCUT2D eigenvalue weighted by Gasteiger charge is 2.40. The van der Waals surface area contributed by atoms with E-state index in [1.165, 1.54) is 12.1 Å². The molecule has 0 spiro atoms. The molecule has 0 unspecified atom stereocenters. The van der Waals surface area contributed by atoms with Gasteiger partial charge in [0.15, 0.2) is 0 Å². The third-order valence-corrected chi connectivity index (χ3v) is 5.51. The van der Waals surface area contributed by atoms with Gasteiger partial charge in [-0.1, -0.05) is 17.7 Å². The Morgan fingerprint density at radius 3 is 2.87 bits per heavy atom. The minimum absolute atomic E-state index is 0.0367. The monoisotopic (exact) mass is 338 g/mol. The number of amides is 2. The van der Waals surface area contributed by atoms with Crippen LogP contribution in [-0.4, -0.2) is 36.3 Å². The van der Waals surface area contributed by atoms with Crippen LogP contribution in [-0.2, 0) is 16.0 Å². The number of nitrogens with zero attached hydrogens (tertiary/aromatic N) is 1.